The fourth-order valence-electron chi connectivity index (χ4n) is 4.23. The van der Waals surface area contributed by atoms with Crippen LogP contribution in [0.15, 0.2) is 31.0 Å². The molecule has 0 aliphatic carbocycles. The molecule has 2 aliphatic heterocycles. The van der Waals surface area contributed by atoms with E-state index in [0.29, 0.717) is 31.6 Å². The Morgan fingerprint density at radius 1 is 1.26 bits per heavy atom. The Morgan fingerprint density at radius 2 is 2.03 bits per heavy atom. The van der Waals surface area contributed by atoms with E-state index in [0.717, 1.165) is 0 Å². The maximum Gasteiger partial charge on any atom is 0.328 e. The standard InChI is InChI=1S/C21H29N5O5/c1-4-9-22-21(30)23-14-12-17(19(28)25-11-6-8-16(25)20(29)31-3)26(13-14)18(27)15-7-5-10-24(15)2/h4-5,7,10,14,16-17H,1,6,8-9,11-13H2,2-3H3,(H2,22,23,30). The van der Waals surface area contributed by atoms with Crippen molar-refractivity contribution in [2.75, 3.05) is 26.7 Å². The van der Waals surface area contributed by atoms with E-state index >= 15 is 0 Å². The molecule has 2 aliphatic rings. The van der Waals surface area contributed by atoms with Crippen LogP contribution in [0.25, 0.3) is 0 Å². The maximum atomic E-state index is 13.4. The van der Waals surface area contributed by atoms with Crippen LogP contribution in [-0.2, 0) is 21.4 Å². The summed E-state index contributed by atoms with van der Waals surface area (Å²) in [6.45, 7) is 4.49. The molecule has 2 fully saturated rings. The molecule has 1 aromatic heterocycles. The topological polar surface area (TPSA) is 113 Å². The van der Waals surface area contributed by atoms with E-state index in [2.05, 4.69) is 17.2 Å². The summed E-state index contributed by atoms with van der Waals surface area (Å²) in [7, 11) is 3.05. The molecule has 2 N–H and O–H groups in total. The van der Waals surface area contributed by atoms with Gasteiger partial charge in [-0.15, -0.1) is 6.58 Å². The number of hydrogen-bond donors (Lipinski definition) is 2. The summed E-state index contributed by atoms with van der Waals surface area (Å²) in [5.74, 6) is -1.05. The molecule has 3 rings (SSSR count). The van der Waals surface area contributed by atoms with Gasteiger partial charge in [-0.25, -0.2) is 9.59 Å². The number of aryl methyl sites for hydroxylation is 1. The normalized spacial score (nSPS) is 22.8. The average Bonchev–Trinajstić information content (AvgIpc) is 3.50. The molecule has 0 saturated carbocycles. The molecule has 10 nitrogen and oxygen atoms in total. The van der Waals surface area contributed by atoms with Crippen LogP contribution < -0.4 is 10.6 Å². The van der Waals surface area contributed by atoms with E-state index in [1.54, 1.807) is 36.0 Å². The lowest BCUT2D eigenvalue weighted by Gasteiger charge is -2.30. The van der Waals surface area contributed by atoms with Gasteiger partial charge in [-0.05, 0) is 31.4 Å². The first kappa shape index (κ1) is 22.4. The van der Waals surface area contributed by atoms with E-state index in [1.165, 1.54) is 16.9 Å². The SMILES string of the molecule is C=CCNC(=O)NC1CC(C(=O)N2CCCC2C(=O)OC)N(C(=O)c2cccn2C)C1. The second-order valence-electron chi connectivity index (χ2n) is 7.77. The molecular formula is C21H29N5O5. The van der Waals surface area contributed by atoms with Crippen LogP contribution in [0.1, 0.15) is 29.8 Å². The third-order valence-electron chi connectivity index (χ3n) is 5.76. The second-order valence-corrected chi connectivity index (χ2v) is 7.77. The van der Waals surface area contributed by atoms with Crippen LogP contribution >= 0.6 is 0 Å². The summed E-state index contributed by atoms with van der Waals surface area (Å²) >= 11 is 0. The number of nitrogens with one attached hydrogen (secondary N) is 2. The highest BCUT2D eigenvalue weighted by molar-refractivity contribution is 5.98. The van der Waals surface area contributed by atoms with Crippen molar-refractivity contribution in [3.05, 3.63) is 36.7 Å². The minimum Gasteiger partial charge on any atom is -0.467 e. The average molecular weight is 431 g/mol. The minimum absolute atomic E-state index is 0.193. The lowest BCUT2D eigenvalue weighted by Crippen LogP contribution is -2.51. The number of esters is 1. The van der Waals surface area contributed by atoms with Gasteiger partial charge in [0.05, 0.1) is 13.2 Å². The fraction of sp³-hybridized carbons (Fsp3) is 0.524. The lowest BCUT2D eigenvalue weighted by atomic mass is 10.1. The molecule has 3 heterocycles. The number of aromatic nitrogens is 1. The predicted molar refractivity (Wildman–Crippen MR) is 112 cm³/mol. The first-order valence-electron chi connectivity index (χ1n) is 10.3. The van der Waals surface area contributed by atoms with Crippen LogP contribution in [0, 0.1) is 0 Å². The van der Waals surface area contributed by atoms with Crippen molar-refractivity contribution in [1.29, 1.82) is 0 Å². The monoisotopic (exact) mass is 431 g/mol. The highest BCUT2D eigenvalue weighted by Gasteiger charge is 2.46. The maximum absolute atomic E-state index is 13.4. The summed E-state index contributed by atoms with van der Waals surface area (Å²) in [4.78, 5) is 53.9. The Labute approximate surface area is 181 Å². The highest BCUT2D eigenvalue weighted by atomic mass is 16.5. The van der Waals surface area contributed by atoms with Crippen molar-refractivity contribution >= 4 is 23.8 Å². The number of likely N-dealkylation sites (tertiary alicyclic amines) is 2. The summed E-state index contributed by atoms with van der Waals surface area (Å²) in [5, 5.41) is 5.45. The van der Waals surface area contributed by atoms with Crippen molar-refractivity contribution < 1.29 is 23.9 Å². The highest BCUT2D eigenvalue weighted by Crippen LogP contribution is 2.27. The van der Waals surface area contributed by atoms with Gasteiger partial charge in [-0.3, -0.25) is 9.59 Å². The van der Waals surface area contributed by atoms with Gasteiger partial charge in [0.25, 0.3) is 5.91 Å². The van der Waals surface area contributed by atoms with Crippen molar-refractivity contribution in [1.82, 2.24) is 25.0 Å². The van der Waals surface area contributed by atoms with Gasteiger partial charge in [-0.2, -0.15) is 0 Å². The van der Waals surface area contributed by atoms with Crippen LogP contribution in [0.4, 0.5) is 4.79 Å². The quantitative estimate of drug-likeness (QED) is 0.496. The number of carbonyl (C=O) groups is 4. The lowest BCUT2D eigenvalue weighted by molar-refractivity contribution is -0.152. The molecule has 0 spiro atoms. The van der Waals surface area contributed by atoms with Gasteiger partial charge in [0.15, 0.2) is 0 Å². The van der Waals surface area contributed by atoms with E-state index < -0.39 is 30.1 Å². The van der Waals surface area contributed by atoms with E-state index in [1.807, 2.05) is 0 Å². The van der Waals surface area contributed by atoms with Gasteiger partial charge in [0.2, 0.25) is 5.91 Å². The number of amides is 4. The van der Waals surface area contributed by atoms with E-state index in [4.69, 9.17) is 4.74 Å². The first-order valence-corrected chi connectivity index (χ1v) is 10.3. The molecule has 4 amide bonds. The third kappa shape index (κ3) is 4.73. The summed E-state index contributed by atoms with van der Waals surface area (Å²) in [5.41, 5.74) is 0.445. The summed E-state index contributed by atoms with van der Waals surface area (Å²) in [6, 6.07) is 1.23. The number of ether oxygens (including phenoxy) is 1. The van der Waals surface area contributed by atoms with Crippen LogP contribution in [0.2, 0.25) is 0 Å². The molecule has 10 heteroatoms. The van der Waals surface area contributed by atoms with Crippen LogP contribution in [0.3, 0.4) is 0 Å². The minimum atomic E-state index is -0.780. The van der Waals surface area contributed by atoms with E-state index in [-0.39, 0.29) is 24.8 Å². The molecule has 0 radical (unpaired) electrons. The number of nitrogens with zero attached hydrogens (tertiary/aromatic N) is 3. The molecule has 168 valence electrons. The number of hydrogen-bond acceptors (Lipinski definition) is 5. The first-order chi connectivity index (χ1) is 14.9. The summed E-state index contributed by atoms with van der Waals surface area (Å²) in [6.07, 6.45) is 4.80. The molecule has 2 saturated heterocycles. The molecule has 3 atom stereocenters. The largest absolute Gasteiger partial charge is 0.467 e. The van der Waals surface area contributed by atoms with Crippen molar-refractivity contribution in [2.24, 2.45) is 7.05 Å². The Morgan fingerprint density at radius 3 is 2.68 bits per heavy atom. The molecule has 31 heavy (non-hydrogen) atoms. The molecule has 3 unspecified atom stereocenters. The van der Waals surface area contributed by atoms with Crippen molar-refractivity contribution in [2.45, 2.75) is 37.4 Å². The smallest absolute Gasteiger partial charge is 0.328 e. The van der Waals surface area contributed by atoms with Gasteiger partial charge >= 0.3 is 12.0 Å². The van der Waals surface area contributed by atoms with Crippen molar-refractivity contribution in [3.8, 4) is 0 Å². The molecule has 0 aromatic carbocycles. The molecule has 0 bridgehead atoms. The van der Waals surface area contributed by atoms with E-state index in [9.17, 15) is 19.2 Å². The third-order valence-corrected chi connectivity index (χ3v) is 5.76. The zero-order chi connectivity index (χ0) is 22.5. The molecule has 1 aromatic rings. The number of methoxy groups -OCH3 is 1. The van der Waals surface area contributed by atoms with Gasteiger partial charge in [0, 0.05) is 32.9 Å². The number of urea groups is 1. The second kappa shape index (κ2) is 9.67. The fourth-order valence-corrected chi connectivity index (χ4v) is 4.23. The summed E-state index contributed by atoms with van der Waals surface area (Å²) < 4.78 is 6.54. The Hall–Kier alpha value is -3.30. The Balaban J connectivity index is 1.81. The molecular weight excluding hydrogens is 402 g/mol. The van der Waals surface area contributed by atoms with Crippen molar-refractivity contribution in [3.63, 3.8) is 0 Å². The number of rotatable bonds is 6. The zero-order valence-corrected chi connectivity index (χ0v) is 17.9. The number of carbonyl (C=O) groups excluding carboxylic acids is 4. The van der Waals surface area contributed by atoms with Gasteiger partial charge < -0.3 is 29.7 Å². The van der Waals surface area contributed by atoms with Gasteiger partial charge in [0.1, 0.15) is 17.8 Å². The van der Waals surface area contributed by atoms with Crippen LogP contribution in [0.5, 0.6) is 0 Å². The Kier molecular flexibility index (Phi) is 6.98. The predicted octanol–water partition coefficient (Wildman–Crippen LogP) is 0.257. The Bertz CT molecular complexity index is 866. The van der Waals surface area contributed by atoms with Gasteiger partial charge in [-0.1, -0.05) is 6.08 Å². The van der Waals surface area contributed by atoms with Crippen LogP contribution in [-0.4, -0.2) is 83.1 Å². The zero-order valence-electron chi connectivity index (χ0n) is 17.9.